The lowest BCUT2D eigenvalue weighted by Gasteiger charge is -2.19. The molecule has 9 heavy (non-hydrogen) atoms. The molecular formula is C6H12N3+. The fourth-order valence-corrected chi connectivity index (χ4v) is 0.803. The Hall–Kier alpha value is -0.800. The van der Waals surface area contributed by atoms with Gasteiger partial charge >= 0.3 is 0 Å². The van der Waals surface area contributed by atoms with Gasteiger partial charge in [-0.05, 0) is 0 Å². The summed E-state index contributed by atoms with van der Waals surface area (Å²) in [6.07, 6.45) is 5.60. The fraction of sp³-hybridized carbons (Fsp3) is 0.333. The van der Waals surface area contributed by atoms with Crippen molar-refractivity contribution in [2.75, 3.05) is 13.7 Å². The normalized spacial score (nSPS) is 33.3. The Balaban J connectivity index is 2.59. The van der Waals surface area contributed by atoms with E-state index < -0.39 is 0 Å². The van der Waals surface area contributed by atoms with Crippen molar-refractivity contribution in [1.82, 2.24) is 4.90 Å². The van der Waals surface area contributed by atoms with Crippen LogP contribution in [0.4, 0.5) is 0 Å². The zero-order valence-corrected chi connectivity index (χ0v) is 5.62. The highest BCUT2D eigenvalue weighted by molar-refractivity contribution is 4.86. The predicted molar refractivity (Wildman–Crippen MR) is 36.4 cm³/mol. The summed E-state index contributed by atoms with van der Waals surface area (Å²) in [6, 6.07) is 0. The van der Waals surface area contributed by atoms with Crippen molar-refractivity contribution in [3.8, 4) is 0 Å². The van der Waals surface area contributed by atoms with Gasteiger partial charge in [0.05, 0.1) is 13.2 Å². The first kappa shape index (κ1) is 6.32. The molecule has 0 spiro atoms. The lowest BCUT2D eigenvalue weighted by molar-refractivity contribution is -0.872. The molecule has 0 bridgehead atoms. The van der Waals surface area contributed by atoms with Crippen molar-refractivity contribution in [2.45, 2.75) is 0 Å². The summed E-state index contributed by atoms with van der Waals surface area (Å²) in [4.78, 5) is 1.94. The van der Waals surface area contributed by atoms with Crippen molar-refractivity contribution in [3.63, 3.8) is 0 Å². The Morgan fingerprint density at radius 1 is 1.89 bits per heavy atom. The molecule has 1 aliphatic heterocycles. The second-order valence-corrected chi connectivity index (χ2v) is 2.48. The molecule has 1 atom stereocenters. The molecule has 0 radical (unpaired) electrons. The zero-order chi connectivity index (χ0) is 6.91. The van der Waals surface area contributed by atoms with Gasteiger partial charge in [0.25, 0.3) is 0 Å². The monoisotopic (exact) mass is 126 g/mol. The molecule has 1 unspecified atom stereocenters. The van der Waals surface area contributed by atoms with Crippen molar-refractivity contribution in [1.29, 1.82) is 0 Å². The second-order valence-electron chi connectivity index (χ2n) is 2.48. The molecule has 0 saturated heterocycles. The molecule has 2 N–H and O–H groups in total. The third-order valence-electron chi connectivity index (χ3n) is 1.30. The predicted octanol–water partition coefficient (Wildman–Crippen LogP) is 0.195. The minimum atomic E-state index is 0.423. The molecule has 0 aromatic rings. The number of rotatable bonds is 1. The highest BCUT2D eigenvalue weighted by atomic mass is 15.6. The van der Waals surface area contributed by atoms with Crippen molar-refractivity contribution >= 4 is 0 Å². The van der Waals surface area contributed by atoms with E-state index in [2.05, 4.69) is 6.58 Å². The molecule has 0 aromatic heterocycles. The fourth-order valence-electron chi connectivity index (χ4n) is 0.803. The van der Waals surface area contributed by atoms with Crippen LogP contribution in [-0.2, 0) is 0 Å². The molecule has 3 heteroatoms. The van der Waals surface area contributed by atoms with Crippen LogP contribution in [-0.4, -0.2) is 23.2 Å². The van der Waals surface area contributed by atoms with Gasteiger partial charge in [0.2, 0.25) is 0 Å². The molecule has 0 aliphatic carbocycles. The first-order chi connectivity index (χ1) is 4.14. The smallest absolute Gasteiger partial charge is 0.179 e. The molecule has 1 heterocycles. The Morgan fingerprint density at radius 3 is 2.78 bits per heavy atom. The maximum atomic E-state index is 5.70. The number of quaternary nitrogens is 1. The molecule has 0 saturated carbocycles. The van der Waals surface area contributed by atoms with Crippen LogP contribution in [0.15, 0.2) is 25.2 Å². The Bertz CT molecular complexity index is 148. The molecule has 1 aliphatic rings. The van der Waals surface area contributed by atoms with E-state index in [9.17, 15) is 0 Å². The molecule has 0 amide bonds. The number of nitrogens with zero attached hydrogens (tertiary/aromatic N) is 2. The van der Waals surface area contributed by atoms with Crippen LogP contribution in [0.3, 0.4) is 0 Å². The van der Waals surface area contributed by atoms with Crippen LogP contribution in [0.1, 0.15) is 0 Å². The third-order valence-corrected chi connectivity index (χ3v) is 1.30. The van der Waals surface area contributed by atoms with Gasteiger partial charge in [-0.3, -0.25) is 0 Å². The molecule has 0 fully saturated rings. The first-order valence-electron chi connectivity index (χ1n) is 2.85. The van der Waals surface area contributed by atoms with Gasteiger partial charge in [0, 0.05) is 6.20 Å². The van der Waals surface area contributed by atoms with Crippen molar-refractivity contribution in [3.05, 3.63) is 25.2 Å². The Kier molecular flexibility index (Phi) is 1.31. The van der Waals surface area contributed by atoms with Gasteiger partial charge in [0.1, 0.15) is 6.20 Å². The van der Waals surface area contributed by atoms with E-state index in [1.165, 1.54) is 0 Å². The summed E-state index contributed by atoms with van der Waals surface area (Å²) < 4.78 is 0.423. The van der Waals surface area contributed by atoms with Crippen LogP contribution in [0.5, 0.6) is 0 Å². The van der Waals surface area contributed by atoms with Gasteiger partial charge in [-0.25, -0.2) is 4.59 Å². The van der Waals surface area contributed by atoms with E-state index in [4.69, 9.17) is 5.84 Å². The standard InChI is InChI=1S/C6H12N3/c1-3-8-4-5-9(2,7)6-8/h3-5H,1,6-7H2,2H3/q+1. The topological polar surface area (TPSA) is 29.3 Å². The van der Waals surface area contributed by atoms with E-state index in [0.29, 0.717) is 4.59 Å². The average Bonchev–Trinajstić information content (AvgIpc) is 2.10. The van der Waals surface area contributed by atoms with Gasteiger partial charge in [-0.2, -0.15) is 5.84 Å². The van der Waals surface area contributed by atoms with Gasteiger partial charge in [-0.15, -0.1) is 0 Å². The zero-order valence-electron chi connectivity index (χ0n) is 5.62. The largest absolute Gasteiger partial charge is 0.301 e. The Morgan fingerprint density at radius 2 is 2.56 bits per heavy atom. The molecule has 3 nitrogen and oxygen atoms in total. The third kappa shape index (κ3) is 1.31. The summed E-state index contributed by atoms with van der Waals surface area (Å²) in [6.45, 7) is 4.40. The van der Waals surface area contributed by atoms with E-state index in [0.717, 1.165) is 6.67 Å². The van der Waals surface area contributed by atoms with Crippen molar-refractivity contribution < 1.29 is 4.59 Å². The molecule has 0 aromatic carbocycles. The van der Waals surface area contributed by atoms with Gasteiger partial charge in [0.15, 0.2) is 6.67 Å². The van der Waals surface area contributed by atoms with Crippen LogP contribution in [0.2, 0.25) is 0 Å². The lowest BCUT2D eigenvalue weighted by Crippen LogP contribution is -2.46. The van der Waals surface area contributed by atoms with Gasteiger partial charge in [-0.1, -0.05) is 6.58 Å². The molecular weight excluding hydrogens is 114 g/mol. The SMILES string of the molecule is C=CN1C=C[N+](C)(N)C1. The van der Waals surface area contributed by atoms with E-state index in [-0.39, 0.29) is 0 Å². The molecule has 1 rings (SSSR count). The minimum absolute atomic E-state index is 0.423. The van der Waals surface area contributed by atoms with Crippen molar-refractivity contribution in [2.24, 2.45) is 5.84 Å². The number of hydrogen-bond acceptors (Lipinski definition) is 2. The van der Waals surface area contributed by atoms with E-state index >= 15 is 0 Å². The second kappa shape index (κ2) is 1.86. The summed E-state index contributed by atoms with van der Waals surface area (Å²) >= 11 is 0. The Labute approximate surface area is 55.2 Å². The summed E-state index contributed by atoms with van der Waals surface area (Å²) in [5.74, 6) is 5.70. The van der Waals surface area contributed by atoms with Crippen LogP contribution < -0.4 is 5.84 Å². The summed E-state index contributed by atoms with van der Waals surface area (Å²) in [5, 5.41) is 0. The maximum Gasteiger partial charge on any atom is 0.179 e. The highest BCUT2D eigenvalue weighted by Crippen LogP contribution is 2.07. The lowest BCUT2D eigenvalue weighted by atomic mass is 10.8. The summed E-state index contributed by atoms with van der Waals surface area (Å²) in [7, 11) is 1.93. The van der Waals surface area contributed by atoms with E-state index in [1.54, 1.807) is 6.20 Å². The number of hydrogen-bond donors (Lipinski definition) is 1. The van der Waals surface area contributed by atoms with Crippen LogP contribution in [0, 0.1) is 0 Å². The molecule has 50 valence electrons. The van der Waals surface area contributed by atoms with E-state index in [1.807, 2.05) is 24.3 Å². The van der Waals surface area contributed by atoms with Crippen LogP contribution >= 0.6 is 0 Å². The first-order valence-corrected chi connectivity index (χ1v) is 2.85. The maximum absolute atomic E-state index is 5.70. The summed E-state index contributed by atoms with van der Waals surface area (Å²) in [5.41, 5.74) is 0. The quantitative estimate of drug-likeness (QED) is 0.401. The minimum Gasteiger partial charge on any atom is -0.301 e. The average molecular weight is 126 g/mol. The van der Waals surface area contributed by atoms with Crippen LogP contribution in [0.25, 0.3) is 0 Å². The number of nitrogens with two attached hydrogens (primary N) is 1. The van der Waals surface area contributed by atoms with Gasteiger partial charge < -0.3 is 4.90 Å². The highest BCUT2D eigenvalue weighted by Gasteiger charge is 2.20.